The second-order valence-corrected chi connectivity index (χ2v) is 5.21. The molecule has 0 saturated heterocycles. The van der Waals surface area contributed by atoms with Gasteiger partial charge < -0.3 is 8.98 Å². The molecule has 2 heterocycles. The molecule has 0 saturated carbocycles. The summed E-state index contributed by atoms with van der Waals surface area (Å²) in [6.45, 7) is 4.16. The molecule has 4 aromatic rings. The zero-order valence-electron chi connectivity index (χ0n) is 12.6. The summed E-state index contributed by atoms with van der Waals surface area (Å²) in [6, 6.07) is 13.1. The summed E-state index contributed by atoms with van der Waals surface area (Å²) < 4.78 is 7.35. The van der Waals surface area contributed by atoms with Crippen LogP contribution < -0.4 is 0 Å². The van der Waals surface area contributed by atoms with E-state index in [9.17, 15) is 0 Å². The van der Waals surface area contributed by atoms with E-state index in [4.69, 9.17) is 4.42 Å². The fraction of sp³-hybridized carbons (Fsp3) is 0.118. The molecule has 0 fully saturated rings. The predicted octanol–water partition coefficient (Wildman–Crippen LogP) is 3.49. The molecule has 4 rings (SSSR count). The maximum absolute atomic E-state index is 5.36. The van der Waals surface area contributed by atoms with Crippen molar-refractivity contribution in [2.45, 2.75) is 13.8 Å². The Balaban J connectivity index is 0.00000156. The molecular formula is C17H13IrN4O-. The molecule has 0 atom stereocenters. The summed E-state index contributed by atoms with van der Waals surface area (Å²) in [5.41, 5.74) is 5.74. The molecule has 0 aliphatic heterocycles. The number of fused-ring (bicyclic) bond motifs is 1. The van der Waals surface area contributed by atoms with Crippen LogP contribution in [0, 0.1) is 19.9 Å². The van der Waals surface area contributed by atoms with E-state index in [-0.39, 0.29) is 20.1 Å². The summed E-state index contributed by atoms with van der Waals surface area (Å²) in [7, 11) is 0. The minimum absolute atomic E-state index is 0. The fourth-order valence-electron chi connectivity index (χ4n) is 2.70. The number of oxazole rings is 1. The van der Waals surface area contributed by atoms with Gasteiger partial charge in [0.05, 0.1) is 11.4 Å². The Morgan fingerprint density at radius 2 is 1.96 bits per heavy atom. The van der Waals surface area contributed by atoms with Crippen LogP contribution in [-0.2, 0) is 20.1 Å². The number of nitrogens with zero attached hydrogens (tertiary/aromatic N) is 4. The maximum atomic E-state index is 5.36. The van der Waals surface area contributed by atoms with Gasteiger partial charge in [-0.15, -0.1) is 22.8 Å². The number of aromatic nitrogens is 4. The Hall–Kier alpha value is -2.30. The first-order valence-electron chi connectivity index (χ1n) is 6.96. The van der Waals surface area contributed by atoms with Crippen LogP contribution in [-0.4, -0.2) is 19.7 Å². The van der Waals surface area contributed by atoms with E-state index >= 15 is 0 Å². The molecule has 2 aromatic heterocycles. The summed E-state index contributed by atoms with van der Waals surface area (Å²) in [5.74, 6) is 0.732. The van der Waals surface area contributed by atoms with Crippen molar-refractivity contribution in [3.8, 4) is 17.1 Å². The number of benzene rings is 2. The van der Waals surface area contributed by atoms with Gasteiger partial charge in [0.2, 0.25) is 0 Å². The zero-order valence-corrected chi connectivity index (χ0v) is 15.0. The summed E-state index contributed by atoms with van der Waals surface area (Å²) >= 11 is 0. The molecule has 0 unspecified atom stereocenters. The van der Waals surface area contributed by atoms with Gasteiger partial charge in [-0.05, 0) is 25.0 Å². The van der Waals surface area contributed by atoms with Crippen LogP contribution >= 0.6 is 0 Å². The number of rotatable bonds is 2. The van der Waals surface area contributed by atoms with Crippen molar-refractivity contribution in [1.82, 2.24) is 19.7 Å². The molecule has 0 N–H and O–H groups in total. The maximum Gasteiger partial charge on any atom is 0.170 e. The van der Waals surface area contributed by atoms with Gasteiger partial charge in [0, 0.05) is 31.3 Å². The zero-order chi connectivity index (χ0) is 15.1. The van der Waals surface area contributed by atoms with Crippen molar-refractivity contribution in [1.29, 1.82) is 0 Å². The number of aryl methyl sites for hydroxylation is 2. The number of hydrogen-bond acceptors (Lipinski definition) is 4. The molecule has 23 heavy (non-hydrogen) atoms. The van der Waals surface area contributed by atoms with Gasteiger partial charge in [-0.1, -0.05) is 24.3 Å². The normalized spacial score (nSPS) is 10.7. The van der Waals surface area contributed by atoms with Gasteiger partial charge in [-0.3, -0.25) is 4.98 Å². The van der Waals surface area contributed by atoms with Gasteiger partial charge in [0.15, 0.2) is 6.39 Å². The Bertz CT molecular complexity index is 953. The van der Waals surface area contributed by atoms with Gasteiger partial charge >= 0.3 is 0 Å². The van der Waals surface area contributed by atoms with E-state index in [0.717, 1.165) is 22.6 Å². The first-order valence-corrected chi connectivity index (χ1v) is 6.96. The predicted molar refractivity (Wildman–Crippen MR) is 82.7 cm³/mol. The molecule has 0 aliphatic carbocycles. The van der Waals surface area contributed by atoms with E-state index in [1.807, 2.05) is 16.7 Å². The van der Waals surface area contributed by atoms with Crippen molar-refractivity contribution in [3.05, 3.63) is 60.2 Å². The van der Waals surface area contributed by atoms with Crippen LogP contribution in [0.4, 0.5) is 0 Å². The van der Waals surface area contributed by atoms with Crippen LogP contribution in [0.2, 0.25) is 0 Å². The first kappa shape index (κ1) is 15.6. The van der Waals surface area contributed by atoms with Crippen LogP contribution in [0.25, 0.3) is 28.2 Å². The molecule has 0 amide bonds. The standard InChI is InChI=1S/C17H13N4O.Ir/c1-11-4-3-5-12(2)16(11)21-9-19-20-17(21)13-6-7-14-15(8-13)22-10-18-14;/h3-5,7-10H,1-2H3;/q-1;. The van der Waals surface area contributed by atoms with Crippen LogP contribution in [0.5, 0.6) is 0 Å². The number of hydrogen-bond donors (Lipinski definition) is 0. The minimum Gasteiger partial charge on any atom is -0.464 e. The fourth-order valence-corrected chi connectivity index (χ4v) is 2.70. The Labute approximate surface area is 146 Å². The molecule has 5 nitrogen and oxygen atoms in total. The van der Waals surface area contributed by atoms with E-state index in [0.29, 0.717) is 5.58 Å². The quantitative estimate of drug-likeness (QED) is 0.412. The summed E-state index contributed by atoms with van der Waals surface area (Å²) in [5, 5.41) is 8.33. The van der Waals surface area contributed by atoms with E-state index in [2.05, 4.69) is 47.2 Å². The topological polar surface area (TPSA) is 56.7 Å². The van der Waals surface area contributed by atoms with E-state index in [1.54, 1.807) is 12.4 Å². The molecule has 117 valence electrons. The number of para-hydroxylation sites is 1. The van der Waals surface area contributed by atoms with Crippen LogP contribution in [0.15, 0.2) is 47.5 Å². The van der Waals surface area contributed by atoms with Crippen molar-refractivity contribution in [2.24, 2.45) is 0 Å². The Morgan fingerprint density at radius 3 is 2.74 bits per heavy atom. The van der Waals surface area contributed by atoms with Gasteiger partial charge in [-0.2, -0.15) is 5.10 Å². The SMILES string of the molecule is Cc1cccc(C)c1-n1cnnc1-c1[c-]cc2ncoc2c1.[Ir]. The molecule has 6 heteroatoms. The van der Waals surface area contributed by atoms with E-state index < -0.39 is 0 Å². The van der Waals surface area contributed by atoms with Crippen molar-refractivity contribution in [3.63, 3.8) is 0 Å². The smallest absolute Gasteiger partial charge is 0.170 e. The average molecular weight is 482 g/mol. The largest absolute Gasteiger partial charge is 0.464 e. The van der Waals surface area contributed by atoms with Gasteiger partial charge in [-0.25, -0.2) is 0 Å². The van der Waals surface area contributed by atoms with Gasteiger partial charge in [0.1, 0.15) is 6.33 Å². The third-order valence-electron chi connectivity index (χ3n) is 3.73. The van der Waals surface area contributed by atoms with E-state index in [1.165, 1.54) is 17.5 Å². The summed E-state index contributed by atoms with van der Waals surface area (Å²) in [6.07, 6.45) is 3.15. The van der Waals surface area contributed by atoms with Crippen LogP contribution in [0.1, 0.15) is 11.1 Å². The molecule has 1 radical (unpaired) electrons. The van der Waals surface area contributed by atoms with Crippen molar-refractivity contribution in [2.75, 3.05) is 0 Å². The summed E-state index contributed by atoms with van der Waals surface area (Å²) in [4.78, 5) is 4.11. The molecule has 0 spiro atoms. The van der Waals surface area contributed by atoms with Crippen molar-refractivity contribution < 1.29 is 24.5 Å². The Kier molecular flexibility index (Phi) is 4.11. The van der Waals surface area contributed by atoms with Crippen molar-refractivity contribution >= 4 is 11.1 Å². The minimum atomic E-state index is 0. The molecule has 0 aliphatic rings. The third kappa shape index (κ3) is 2.60. The second kappa shape index (κ2) is 6.07. The molecule has 2 aromatic carbocycles. The molecular weight excluding hydrogens is 468 g/mol. The second-order valence-electron chi connectivity index (χ2n) is 5.21. The average Bonchev–Trinajstić information content (AvgIpc) is 3.15. The first-order chi connectivity index (χ1) is 10.7. The molecule has 0 bridgehead atoms. The Morgan fingerprint density at radius 1 is 1.17 bits per heavy atom. The monoisotopic (exact) mass is 482 g/mol. The van der Waals surface area contributed by atoms with Crippen LogP contribution in [0.3, 0.4) is 0 Å². The van der Waals surface area contributed by atoms with Gasteiger partial charge in [0.25, 0.3) is 0 Å². The third-order valence-corrected chi connectivity index (χ3v) is 3.73.